The van der Waals surface area contributed by atoms with Gasteiger partial charge in [0.1, 0.15) is 0 Å². The summed E-state index contributed by atoms with van der Waals surface area (Å²) in [4.78, 5) is 31.4. The number of aryl methyl sites for hydroxylation is 1. The molecule has 0 saturated heterocycles. The summed E-state index contributed by atoms with van der Waals surface area (Å²) in [7, 11) is 0. The minimum atomic E-state index is -0.145. The first-order valence-corrected chi connectivity index (χ1v) is 10.8. The molecule has 1 aliphatic carbocycles. The lowest BCUT2D eigenvalue weighted by atomic mass is 9.86. The number of aromatic amines is 1. The molecule has 1 amide bonds. The van der Waals surface area contributed by atoms with Gasteiger partial charge >= 0.3 is 0 Å². The number of rotatable bonds is 4. The summed E-state index contributed by atoms with van der Waals surface area (Å²) >= 11 is 0. The van der Waals surface area contributed by atoms with Crippen molar-refractivity contribution >= 4 is 16.8 Å². The third-order valence-electron chi connectivity index (χ3n) is 6.17. The lowest BCUT2D eigenvalue weighted by Crippen LogP contribution is -2.37. The number of para-hydroxylation sites is 1. The Morgan fingerprint density at radius 2 is 1.68 bits per heavy atom. The normalized spacial score (nSPS) is 15.4. The first-order valence-electron chi connectivity index (χ1n) is 10.8. The van der Waals surface area contributed by atoms with Crippen LogP contribution in [0.4, 0.5) is 0 Å². The predicted octanol–water partition coefficient (Wildman–Crippen LogP) is 5.25. The Morgan fingerprint density at radius 1 is 0.935 bits per heavy atom. The van der Waals surface area contributed by atoms with Gasteiger partial charge in [-0.1, -0.05) is 60.7 Å². The predicted molar refractivity (Wildman–Crippen MR) is 123 cm³/mol. The second kappa shape index (κ2) is 8.23. The fourth-order valence-electron chi connectivity index (χ4n) is 4.62. The summed E-state index contributed by atoms with van der Waals surface area (Å²) in [6.07, 6.45) is 2.94. The topological polar surface area (TPSA) is 53.2 Å². The summed E-state index contributed by atoms with van der Waals surface area (Å²) in [6, 6.07) is 27.3. The van der Waals surface area contributed by atoms with Gasteiger partial charge in [-0.05, 0) is 60.0 Å². The number of nitrogens with zero attached hydrogens (tertiary/aromatic N) is 1. The quantitative estimate of drug-likeness (QED) is 0.502. The number of aromatic nitrogens is 1. The van der Waals surface area contributed by atoms with Gasteiger partial charge in [0.05, 0.1) is 12.6 Å². The second-order valence-electron chi connectivity index (χ2n) is 8.12. The molecule has 0 bridgehead atoms. The minimum Gasteiger partial charge on any atom is -0.327 e. The molecule has 0 fully saturated rings. The number of carbonyl (C=O) groups excluding carboxylic acids is 1. The number of fused-ring (bicyclic) bond motifs is 2. The fraction of sp³-hybridized carbons (Fsp3) is 0.185. The first kappa shape index (κ1) is 19.3. The van der Waals surface area contributed by atoms with E-state index in [0.29, 0.717) is 11.1 Å². The van der Waals surface area contributed by atoms with Gasteiger partial charge < -0.3 is 9.88 Å². The molecule has 0 aliphatic heterocycles. The van der Waals surface area contributed by atoms with E-state index in [4.69, 9.17) is 0 Å². The molecule has 154 valence electrons. The molecule has 1 aromatic heterocycles. The van der Waals surface area contributed by atoms with Crippen LogP contribution in [0.15, 0.2) is 89.7 Å². The highest BCUT2D eigenvalue weighted by atomic mass is 16.2. The number of carbonyl (C=O) groups is 1. The highest BCUT2D eigenvalue weighted by Crippen LogP contribution is 2.36. The van der Waals surface area contributed by atoms with Crippen molar-refractivity contribution in [3.05, 3.63) is 118 Å². The van der Waals surface area contributed by atoms with Crippen LogP contribution in [0.1, 0.15) is 45.9 Å². The number of pyridine rings is 1. The molecule has 31 heavy (non-hydrogen) atoms. The average molecular weight is 409 g/mol. The van der Waals surface area contributed by atoms with Crippen molar-refractivity contribution in [2.75, 3.05) is 0 Å². The van der Waals surface area contributed by atoms with Crippen LogP contribution in [-0.4, -0.2) is 15.8 Å². The standard InChI is InChI=1S/C27H24N2O2/c30-26-22(17-21-12-5-7-15-24(21)28-26)18-29(27(31)20-10-2-1-3-11-20)25-16-8-13-19-9-4-6-14-23(19)25/h1-7,9-12,14-15,17,25H,8,13,16,18H2,(H,28,30). The highest BCUT2D eigenvalue weighted by Gasteiger charge is 2.30. The second-order valence-corrected chi connectivity index (χ2v) is 8.12. The zero-order valence-electron chi connectivity index (χ0n) is 17.3. The number of amides is 1. The van der Waals surface area contributed by atoms with Crippen molar-refractivity contribution in [1.82, 2.24) is 9.88 Å². The fourth-order valence-corrected chi connectivity index (χ4v) is 4.62. The third-order valence-corrected chi connectivity index (χ3v) is 6.17. The Morgan fingerprint density at radius 3 is 2.55 bits per heavy atom. The van der Waals surface area contributed by atoms with Crippen molar-refractivity contribution < 1.29 is 4.79 Å². The molecule has 4 nitrogen and oxygen atoms in total. The summed E-state index contributed by atoms with van der Waals surface area (Å²) in [5.41, 5.74) is 4.38. The molecule has 4 aromatic rings. The number of hydrogen-bond acceptors (Lipinski definition) is 2. The Balaban J connectivity index is 1.59. The molecule has 1 aliphatic rings. The van der Waals surface area contributed by atoms with Gasteiger partial charge in [0, 0.05) is 16.6 Å². The van der Waals surface area contributed by atoms with Crippen molar-refractivity contribution in [2.45, 2.75) is 31.8 Å². The van der Waals surface area contributed by atoms with Crippen molar-refractivity contribution in [3.63, 3.8) is 0 Å². The van der Waals surface area contributed by atoms with Gasteiger partial charge in [-0.3, -0.25) is 9.59 Å². The molecule has 4 heteroatoms. The molecular weight excluding hydrogens is 384 g/mol. The lowest BCUT2D eigenvalue weighted by molar-refractivity contribution is 0.0637. The van der Waals surface area contributed by atoms with Gasteiger partial charge in [-0.15, -0.1) is 0 Å². The largest absolute Gasteiger partial charge is 0.327 e. The molecule has 1 N–H and O–H groups in total. The van der Waals surface area contributed by atoms with Gasteiger partial charge in [-0.2, -0.15) is 0 Å². The Labute approximate surface area is 181 Å². The van der Waals surface area contributed by atoms with Crippen LogP contribution in [0.25, 0.3) is 10.9 Å². The molecule has 0 radical (unpaired) electrons. The zero-order valence-corrected chi connectivity index (χ0v) is 17.3. The van der Waals surface area contributed by atoms with E-state index in [-0.39, 0.29) is 24.1 Å². The number of benzene rings is 3. The van der Waals surface area contributed by atoms with Crippen LogP contribution >= 0.6 is 0 Å². The number of nitrogens with one attached hydrogen (secondary N) is 1. The molecule has 1 unspecified atom stereocenters. The molecule has 3 aromatic carbocycles. The smallest absolute Gasteiger partial charge is 0.254 e. The van der Waals surface area contributed by atoms with E-state index in [0.717, 1.165) is 30.2 Å². The van der Waals surface area contributed by atoms with Crippen molar-refractivity contribution in [2.24, 2.45) is 0 Å². The van der Waals surface area contributed by atoms with E-state index in [1.807, 2.05) is 71.6 Å². The molecule has 0 saturated carbocycles. The van der Waals surface area contributed by atoms with Crippen LogP contribution in [0, 0.1) is 0 Å². The zero-order chi connectivity index (χ0) is 21.2. The van der Waals surface area contributed by atoms with Crippen LogP contribution in [0.3, 0.4) is 0 Å². The van der Waals surface area contributed by atoms with E-state index in [9.17, 15) is 9.59 Å². The van der Waals surface area contributed by atoms with E-state index in [1.165, 1.54) is 11.1 Å². The summed E-state index contributed by atoms with van der Waals surface area (Å²) < 4.78 is 0. The van der Waals surface area contributed by atoms with Crippen molar-refractivity contribution in [3.8, 4) is 0 Å². The van der Waals surface area contributed by atoms with Gasteiger partial charge in [-0.25, -0.2) is 0 Å². The van der Waals surface area contributed by atoms with Crippen LogP contribution in [0.2, 0.25) is 0 Å². The maximum absolute atomic E-state index is 13.6. The Bertz CT molecular complexity index is 1290. The van der Waals surface area contributed by atoms with E-state index in [1.54, 1.807) is 0 Å². The summed E-state index contributed by atoms with van der Waals surface area (Å²) in [5.74, 6) is -0.0464. The minimum absolute atomic E-state index is 0.0464. The molecule has 0 spiro atoms. The van der Waals surface area contributed by atoms with Crippen LogP contribution in [0.5, 0.6) is 0 Å². The average Bonchev–Trinajstić information content (AvgIpc) is 2.82. The maximum atomic E-state index is 13.6. The maximum Gasteiger partial charge on any atom is 0.254 e. The van der Waals surface area contributed by atoms with Crippen molar-refractivity contribution in [1.29, 1.82) is 0 Å². The summed E-state index contributed by atoms with van der Waals surface area (Å²) in [6.45, 7) is 0.271. The third kappa shape index (κ3) is 3.77. The van der Waals surface area contributed by atoms with Crippen LogP contribution < -0.4 is 5.56 Å². The molecule has 1 heterocycles. The van der Waals surface area contributed by atoms with Gasteiger partial charge in [0.15, 0.2) is 0 Å². The Kier molecular flexibility index (Phi) is 5.13. The molecular formula is C27H24N2O2. The van der Waals surface area contributed by atoms with Gasteiger partial charge in [0.2, 0.25) is 0 Å². The molecule has 1 atom stereocenters. The highest BCUT2D eigenvalue weighted by molar-refractivity contribution is 5.94. The number of hydrogen-bond donors (Lipinski definition) is 1. The molecule has 5 rings (SSSR count). The SMILES string of the molecule is O=C(c1ccccc1)N(Cc1cc2ccccc2[nH]c1=O)C1CCCc2ccccc21. The first-order chi connectivity index (χ1) is 15.2. The van der Waals surface area contributed by atoms with E-state index < -0.39 is 0 Å². The lowest BCUT2D eigenvalue weighted by Gasteiger charge is -2.36. The monoisotopic (exact) mass is 408 g/mol. The summed E-state index contributed by atoms with van der Waals surface area (Å²) in [5, 5.41) is 0.966. The van der Waals surface area contributed by atoms with Gasteiger partial charge in [0.25, 0.3) is 11.5 Å². The van der Waals surface area contributed by atoms with E-state index in [2.05, 4.69) is 23.2 Å². The Hall–Kier alpha value is -3.66. The number of H-pyrrole nitrogens is 1. The van der Waals surface area contributed by atoms with Crippen LogP contribution in [-0.2, 0) is 13.0 Å². The van der Waals surface area contributed by atoms with E-state index >= 15 is 0 Å².